The molecule has 1 amide bonds. The molecule has 2 heterocycles. The van der Waals surface area contributed by atoms with E-state index in [9.17, 15) is 14.7 Å². The predicted molar refractivity (Wildman–Crippen MR) is 119 cm³/mol. The number of amides is 1. The van der Waals surface area contributed by atoms with Crippen molar-refractivity contribution in [1.29, 1.82) is 0 Å². The molecule has 1 aliphatic rings. The summed E-state index contributed by atoms with van der Waals surface area (Å²) in [6.07, 6.45) is 1.49. The van der Waals surface area contributed by atoms with Gasteiger partial charge in [-0.25, -0.2) is 0 Å². The van der Waals surface area contributed by atoms with Crippen molar-refractivity contribution in [3.63, 3.8) is 0 Å². The highest BCUT2D eigenvalue weighted by Gasteiger charge is 2.47. The Morgan fingerprint density at radius 1 is 0.970 bits per heavy atom. The van der Waals surface area contributed by atoms with Crippen LogP contribution in [0.4, 0.5) is 0 Å². The minimum atomic E-state index is -0.928. The normalized spacial score (nSPS) is 17.3. The molecular weight excluding hydrogens is 426 g/mol. The van der Waals surface area contributed by atoms with Gasteiger partial charge in [0.15, 0.2) is 0 Å². The van der Waals surface area contributed by atoms with Crippen molar-refractivity contribution >= 4 is 17.4 Å². The molecule has 170 valence electrons. The molecule has 2 aromatic carbocycles. The number of nitrogens with zero attached hydrogens (tertiary/aromatic N) is 1. The largest absolute Gasteiger partial charge is 0.507 e. The third-order valence-electron chi connectivity index (χ3n) is 5.54. The summed E-state index contributed by atoms with van der Waals surface area (Å²) in [5.41, 5.74) is 0.819. The molecule has 0 spiro atoms. The van der Waals surface area contributed by atoms with Crippen LogP contribution in [0, 0.1) is 0 Å². The summed E-state index contributed by atoms with van der Waals surface area (Å²) in [7, 11) is 4.54. The van der Waals surface area contributed by atoms with E-state index in [-0.39, 0.29) is 17.9 Å². The second-order valence-electron chi connectivity index (χ2n) is 7.34. The molecule has 33 heavy (non-hydrogen) atoms. The lowest BCUT2D eigenvalue weighted by Gasteiger charge is -2.26. The molecule has 0 saturated carbocycles. The van der Waals surface area contributed by atoms with Crippen molar-refractivity contribution in [2.75, 3.05) is 21.3 Å². The Balaban J connectivity index is 1.92. The van der Waals surface area contributed by atoms with Gasteiger partial charge in [0.2, 0.25) is 0 Å². The summed E-state index contributed by atoms with van der Waals surface area (Å²) < 4.78 is 21.5. The van der Waals surface area contributed by atoms with Crippen LogP contribution in [0.15, 0.2) is 70.9 Å². The quantitative estimate of drug-likeness (QED) is 0.332. The van der Waals surface area contributed by atoms with Gasteiger partial charge >= 0.3 is 0 Å². The average Bonchev–Trinajstić information content (AvgIpc) is 3.45. The first kappa shape index (κ1) is 22.0. The summed E-state index contributed by atoms with van der Waals surface area (Å²) in [5, 5.41) is 11.2. The number of likely N-dealkylation sites (tertiary alicyclic amines) is 1. The Morgan fingerprint density at radius 3 is 2.27 bits per heavy atom. The van der Waals surface area contributed by atoms with Gasteiger partial charge in [-0.2, -0.15) is 0 Å². The molecule has 1 aliphatic heterocycles. The molecule has 1 fully saturated rings. The number of ether oxygens (including phenoxy) is 3. The van der Waals surface area contributed by atoms with Crippen molar-refractivity contribution in [3.8, 4) is 17.2 Å². The Bertz CT molecular complexity index is 1200. The van der Waals surface area contributed by atoms with E-state index in [1.54, 1.807) is 54.6 Å². The van der Waals surface area contributed by atoms with Gasteiger partial charge in [0.05, 0.1) is 45.8 Å². The molecule has 1 aromatic heterocycles. The zero-order chi connectivity index (χ0) is 23.5. The second kappa shape index (κ2) is 9.12. The van der Waals surface area contributed by atoms with Crippen LogP contribution in [-0.2, 0) is 16.1 Å². The molecule has 4 rings (SSSR count). The molecule has 1 atom stereocenters. The van der Waals surface area contributed by atoms with E-state index < -0.39 is 17.7 Å². The van der Waals surface area contributed by atoms with Gasteiger partial charge in [-0.15, -0.1) is 0 Å². The third kappa shape index (κ3) is 4.03. The zero-order valence-corrected chi connectivity index (χ0v) is 18.4. The number of hydrogen-bond acceptors (Lipinski definition) is 7. The molecule has 0 aliphatic carbocycles. The SMILES string of the molecule is COc1ccc(C(O)=C2C(=O)C(=O)N(Cc3ccco3)C2c2cc(OC)ccc2OC)cc1. The maximum absolute atomic E-state index is 13.2. The maximum Gasteiger partial charge on any atom is 0.296 e. The van der Waals surface area contributed by atoms with E-state index in [2.05, 4.69) is 0 Å². The third-order valence-corrected chi connectivity index (χ3v) is 5.54. The summed E-state index contributed by atoms with van der Waals surface area (Å²) in [5.74, 6) is 0.185. The minimum absolute atomic E-state index is 0.0298. The lowest BCUT2D eigenvalue weighted by Crippen LogP contribution is -2.29. The zero-order valence-electron chi connectivity index (χ0n) is 18.4. The van der Waals surface area contributed by atoms with E-state index in [0.717, 1.165) is 0 Å². The molecular formula is C25H23NO7. The fourth-order valence-electron chi connectivity index (χ4n) is 3.89. The van der Waals surface area contributed by atoms with Crippen molar-refractivity contribution in [2.24, 2.45) is 0 Å². The molecule has 1 N–H and O–H groups in total. The smallest absolute Gasteiger partial charge is 0.296 e. The van der Waals surface area contributed by atoms with E-state index >= 15 is 0 Å². The van der Waals surface area contributed by atoms with E-state index in [1.165, 1.54) is 32.5 Å². The standard InChI is InChI=1S/C25H23NO7/c1-30-16-8-6-15(7-9-16)23(27)21-22(19-13-17(31-2)10-11-20(19)32-3)26(25(29)24(21)28)14-18-5-4-12-33-18/h4-13,22,27H,14H2,1-3H3. The van der Waals surface area contributed by atoms with Crippen LogP contribution >= 0.6 is 0 Å². The van der Waals surface area contributed by atoms with Crippen LogP contribution in [-0.4, -0.2) is 43.0 Å². The van der Waals surface area contributed by atoms with Gasteiger partial charge in [-0.1, -0.05) is 0 Å². The van der Waals surface area contributed by atoms with Crippen LogP contribution in [0.25, 0.3) is 5.76 Å². The van der Waals surface area contributed by atoms with Crippen molar-refractivity contribution in [1.82, 2.24) is 4.90 Å². The molecule has 3 aromatic rings. The first-order valence-corrected chi connectivity index (χ1v) is 10.2. The van der Waals surface area contributed by atoms with Crippen molar-refractivity contribution in [3.05, 3.63) is 83.3 Å². The van der Waals surface area contributed by atoms with Crippen LogP contribution in [0.3, 0.4) is 0 Å². The Hall–Kier alpha value is -4.20. The fraction of sp³-hybridized carbons (Fsp3) is 0.200. The summed E-state index contributed by atoms with van der Waals surface area (Å²) in [6, 6.07) is 14.1. The molecule has 8 nitrogen and oxygen atoms in total. The van der Waals surface area contributed by atoms with E-state index in [1.807, 2.05) is 0 Å². The summed E-state index contributed by atoms with van der Waals surface area (Å²) in [4.78, 5) is 27.7. The average molecular weight is 449 g/mol. The number of furan rings is 1. The lowest BCUT2D eigenvalue weighted by atomic mass is 9.94. The van der Waals surface area contributed by atoms with Crippen LogP contribution in [0.2, 0.25) is 0 Å². The molecule has 1 unspecified atom stereocenters. The highest BCUT2D eigenvalue weighted by atomic mass is 16.5. The Kier molecular flexibility index (Phi) is 6.08. The fourth-order valence-corrected chi connectivity index (χ4v) is 3.89. The number of aliphatic hydroxyl groups is 1. The number of Topliss-reactive ketones (excluding diaryl/α,β-unsaturated/α-hetero) is 1. The van der Waals surface area contributed by atoms with Crippen LogP contribution < -0.4 is 14.2 Å². The van der Waals surface area contributed by atoms with Gasteiger partial charge in [0.1, 0.15) is 28.8 Å². The minimum Gasteiger partial charge on any atom is -0.507 e. The molecule has 0 radical (unpaired) electrons. The monoisotopic (exact) mass is 449 g/mol. The molecule has 1 saturated heterocycles. The topological polar surface area (TPSA) is 98.4 Å². The van der Waals surface area contributed by atoms with Gasteiger partial charge in [-0.05, 0) is 54.6 Å². The van der Waals surface area contributed by atoms with Crippen LogP contribution in [0.1, 0.15) is 22.9 Å². The van der Waals surface area contributed by atoms with Gasteiger partial charge in [0, 0.05) is 11.1 Å². The number of hydrogen-bond donors (Lipinski definition) is 1. The number of benzene rings is 2. The number of rotatable bonds is 7. The van der Waals surface area contributed by atoms with Gasteiger partial charge < -0.3 is 28.6 Å². The highest BCUT2D eigenvalue weighted by Crippen LogP contribution is 2.44. The number of aliphatic hydroxyl groups excluding tert-OH is 1. The first-order chi connectivity index (χ1) is 16.0. The van der Waals surface area contributed by atoms with Crippen molar-refractivity contribution < 1.29 is 33.3 Å². The highest BCUT2D eigenvalue weighted by molar-refractivity contribution is 6.46. The maximum atomic E-state index is 13.2. The van der Waals surface area contributed by atoms with E-state index in [4.69, 9.17) is 18.6 Å². The number of ketones is 1. The van der Waals surface area contributed by atoms with Gasteiger partial charge in [0.25, 0.3) is 11.7 Å². The Morgan fingerprint density at radius 2 is 1.67 bits per heavy atom. The number of carbonyl (C=O) groups is 2. The summed E-state index contributed by atoms with van der Waals surface area (Å²) in [6.45, 7) is 0.0298. The lowest BCUT2D eigenvalue weighted by molar-refractivity contribution is -0.140. The van der Waals surface area contributed by atoms with Crippen LogP contribution in [0.5, 0.6) is 17.2 Å². The van der Waals surface area contributed by atoms with Crippen molar-refractivity contribution in [2.45, 2.75) is 12.6 Å². The first-order valence-electron chi connectivity index (χ1n) is 10.2. The number of carbonyl (C=O) groups excluding carboxylic acids is 2. The van der Waals surface area contributed by atoms with Gasteiger partial charge in [-0.3, -0.25) is 9.59 Å². The predicted octanol–water partition coefficient (Wildman–Crippen LogP) is 3.93. The van der Waals surface area contributed by atoms with E-state index in [0.29, 0.717) is 34.1 Å². The number of methoxy groups -OCH3 is 3. The summed E-state index contributed by atoms with van der Waals surface area (Å²) >= 11 is 0. The molecule has 8 heteroatoms. The Labute approximate surface area is 190 Å². The second-order valence-corrected chi connectivity index (χ2v) is 7.34. The molecule has 0 bridgehead atoms.